The Balaban J connectivity index is 1.99. The molecule has 0 aliphatic rings. The summed E-state index contributed by atoms with van der Waals surface area (Å²) in [4.78, 5) is 35.0. The quantitative estimate of drug-likeness (QED) is 0.313. The third-order valence-electron chi connectivity index (χ3n) is 4.15. The lowest BCUT2D eigenvalue weighted by molar-refractivity contribution is -0.139. The molecule has 166 valence electrons. The van der Waals surface area contributed by atoms with Gasteiger partial charge in [-0.2, -0.15) is 0 Å². The van der Waals surface area contributed by atoms with Gasteiger partial charge in [-0.3, -0.25) is 0 Å². The molecule has 0 unspecified atom stereocenters. The van der Waals surface area contributed by atoms with Crippen molar-refractivity contribution in [2.24, 2.45) is 0 Å². The number of hydrogen-bond acceptors (Lipinski definition) is 6. The molecule has 6 nitrogen and oxygen atoms in total. The van der Waals surface area contributed by atoms with Gasteiger partial charge in [0.15, 0.2) is 0 Å². The lowest BCUT2D eigenvalue weighted by Gasteiger charge is -2.10. The largest absolute Gasteiger partial charge is 0.462 e. The fraction of sp³-hybridized carbons (Fsp3) is 0.160. The Morgan fingerprint density at radius 3 is 1.94 bits per heavy atom. The number of carbonyl (C=O) groups excluding carboxylic acids is 3. The normalized spacial score (nSPS) is 10.1. The molecular formula is C25H23FO6. The predicted octanol–water partition coefficient (Wildman–Crippen LogP) is 4.95. The van der Waals surface area contributed by atoms with Crippen LogP contribution in [0, 0.1) is 5.82 Å². The standard InChI is InChI=1S/C25H23FO6/c1-15(2)23(27)30-13-12-17(5)25(29)32-20-10-11-21(22(26)14-20)18-6-8-19(9-7-18)31-24(28)16(3)4/h6-11,14H,1,3,5,12-13H2,2,4H3. The number of rotatable bonds is 9. The lowest BCUT2D eigenvalue weighted by atomic mass is 10.0. The van der Waals surface area contributed by atoms with Gasteiger partial charge in [0.2, 0.25) is 0 Å². The van der Waals surface area contributed by atoms with Gasteiger partial charge in [-0.1, -0.05) is 31.9 Å². The van der Waals surface area contributed by atoms with Crippen molar-refractivity contribution in [3.8, 4) is 22.6 Å². The second-order valence-electron chi connectivity index (χ2n) is 7.00. The summed E-state index contributed by atoms with van der Waals surface area (Å²) in [6.45, 7) is 13.6. The monoisotopic (exact) mass is 438 g/mol. The van der Waals surface area contributed by atoms with Crippen molar-refractivity contribution in [3.05, 3.63) is 84.7 Å². The number of hydrogen-bond donors (Lipinski definition) is 0. The van der Waals surface area contributed by atoms with E-state index in [1.807, 2.05) is 0 Å². The summed E-state index contributed by atoms with van der Waals surface area (Å²) in [6.07, 6.45) is 0.0702. The first-order chi connectivity index (χ1) is 15.1. The summed E-state index contributed by atoms with van der Waals surface area (Å²) < 4.78 is 29.7. The molecule has 0 N–H and O–H groups in total. The molecule has 2 aromatic carbocycles. The summed E-state index contributed by atoms with van der Waals surface area (Å²) in [5.74, 6) is -2.17. The van der Waals surface area contributed by atoms with Crippen LogP contribution in [0.3, 0.4) is 0 Å². The van der Waals surface area contributed by atoms with Crippen LogP contribution in [-0.4, -0.2) is 24.5 Å². The van der Waals surface area contributed by atoms with E-state index in [9.17, 15) is 18.8 Å². The highest BCUT2D eigenvalue weighted by molar-refractivity contribution is 5.90. The van der Waals surface area contributed by atoms with Crippen molar-refractivity contribution < 1.29 is 33.0 Å². The fourth-order valence-corrected chi connectivity index (χ4v) is 2.36. The van der Waals surface area contributed by atoms with Gasteiger partial charge in [-0.25, -0.2) is 18.8 Å². The van der Waals surface area contributed by atoms with Gasteiger partial charge in [-0.05, 0) is 43.7 Å². The molecule has 0 saturated carbocycles. The van der Waals surface area contributed by atoms with Crippen LogP contribution >= 0.6 is 0 Å². The number of carbonyl (C=O) groups is 3. The van der Waals surface area contributed by atoms with E-state index in [0.29, 0.717) is 11.3 Å². The molecule has 0 atom stereocenters. The Hall–Kier alpha value is -4.00. The molecule has 0 amide bonds. The summed E-state index contributed by atoms with van der Waals surface area (Å²) in [5, 5.41) is 0. The molecule has 0 bridgehead atoms. The van der Waals surface area contributed by atoms with Gasteiger partial charge in [0.25, 0.3) is 0 Å². The minimum atomic E-state index is -0.757. The van der Waals surface area contributed by atoms with Crippen LogP contribution in [0.1, 0.15) is 20.3 Å². The van der Waals surface area contributed by atoms with Gasteiger partial charge in [0.05, 0.1) is 6.61 Å². The van der Waals surface area contributed by atoms with Crippen molar-refractivity contribution in [2.75, 3.05) is 6.61 Å². The Labute approximate surface area is 185 Å². The topological polar surface area (TPSA) is 78.9 Å². The molecule has 0 saturated heterocycles. The first-order valence-corrected chi connectivity index (χ1v) is 9.58. The molecule has 0 heterocycles. The third kappa shape index (κ3) is 6.77. The zero-order valence-electron chi connectivity index (χ0n) is 17.9. The minimum absolute atomic E-state index is 0.00309. The fourth-order valence-electron chi connectivity index (χ4n) is 2.36. The summed E-state index contributed by atoms with van der Waals surface area (Å²) in [6, 6.07) is 10.3. The first kappa shape index (κ1) is 24.3. The highest BCUT2D eigenvalue weighted by atomic mass is 19.1. The van der Waals surface area contributed by atoms with Crippen molar-refractivity contribution in [3.63, 3.8) is 0 Å². The van der Waals surface area contributed by atoms with Gasteiger partial charge in [-0.15, -0.1) is 0 Å². The Bertz CT molecular complexity index is 1080. The molecule has 0 fully saturated rings. The van der Waals surface area contributed by atoms with E-state index in [-0.39, 0.29) is 41.1 Å². The molecule has 0 aliphatic carbocycles. The van der Waals surface area contributed by atoms with Crippen LogP contribution in [0.5, 0.6) is 11.5 Å². The van der Waals surface area contributed by atoms with E-state index in [4.69, 9.17) is 14.2 Å². The van der Waals surface area contributed by atoms with E-state index < -0.39 is 23.7 Å². The maximum Gasteiger partial charge on any atom is 0.338 e. The number of esters is 3. The van der Waals surface area contributed by atoms with E-state index >= 15 is 0 Å². The average molecular weight is 438 g/mol. The number of ether oxygens (including phenoxy) is 3. The van der Waals surface area contributed by atoms with Gasteiger partial charge >= 0.3 is 17.9 Å². The molecule has 2 aromatic rings. The smallest absolute Gasteiger partial charge is 0.338 e. The molecular weight excluding hydrogens is 415 g/mol. The zero-order chi connectivity index (χ0) is 23.8. The van der Waals surface area contributed by atoms with E-state index in [1.165, 1.54) is 38.1 Å². The first-order valence-electron chi connectivity index (χ1n) is 9.58. The molecule has 0 aromatic heterocycles. The van der Waals surface area contributed by atoms with E-state index in [1.54, 1.807) is 12.1 Å². The molecule has 2 rings (SSSR count). The highest BCUT2D eigenvalue weighted by Crippen LogP contribution is 2.28. The van der Waals surface area contributed by atoms with Crippen LogP contribution in [0.25, 0.3) is 11.1 Å². The van der Waals surface area contributed by atoms with Crippen LogP contribution in [0.4, 0.5) is 4.39 Å². The Kier molecular flexibility index (Phi) is 8.24. The molecule has 0 aliphatic heterocycles. The molecule has 7 heteroatoms. The van der Waals surface area contributed by atoms with E-state index in [2.05, 4.69) is 19.7 Å². The van der Waals surface area contributed by atoms with Crippen molar-refractivity contribution >= 4 is 17.9 Å². The second kappa shape index (κ2) is 10.9. The summed E-state index contributed by atoms with van der Waals surface area (Å²) in [7, 11) is 0. The number of halogens is 1. The van der Waals surface area contributed by atoms with Crippen molar-refractivity contribution in [2.45, 2.75) is 20.3 Å². The second-order valence-corrected chi connectivity index (χ2v) is 7.00. The maximum absolute atomic E-state index is 14.6. The Morgan fingerprint density at radius 2 is 1.38 bits per heavy atom. The van der Waals surface area contributed by atoms with Crippen molar-refractivity contribution in [1.29, 1.82) is 0 Å². The molecule has 32 heavy (non-hydrogen) atoms. The van der Waals surface area contributed by atoms with Gasteiger partial charge in [0.1, 0.15) is 17.3 Å². The minimum Gasteiger partial charge on any atom is -0.462 e. The maximum atomic E-state index is 14.6. The summed E-state index contributed by atoms with van der Waals surface area (Å²) >= 11 is 0. The lowest BCUT2D eigenvalue weighted by Crippen LogP contribution is -2.14. The molecule has 0 spiro atoms. The van der Waals surface area contributed by atoms with Gasteiger partial charge in [0, 0.05) is 34.8 Å². The van der Waals surface area contributed by atoms with Crippen LogP contribution < -0.4 is 9.47 Å². The van der Waals surface area contributed by atoms with Crippen LogP contribution in [0.2, 0.25) is 0 Å². The zero-order valence-corrected chi connectivity index (χ0v) is 17.9. The van der Waals surface area contributed by atoms with Gasteiger partial charge < -0.3 is 14.2 Å². The summed E-state index contributed by atoms with van der Waals surface area (Å²) in [5.41, 5.74) is 1.40. The average Bonchev–Trinajstić information content (AvgIpc) is 2.74. The van der Waals surface area contributed by atoms with Crippen LogP contribution in [-0.2, 0) is 19.1 Å². The predicted molar refractivity (Wildman–Crippen MR) is 117 cm³/mol. The Morgan fingerprint density at radius 1 is 0.812 bits per heavy atom. The van der Waals surface area contributed by atoms with Crippen LogP contribution in [0.15, 0.2) is 78.9 Å². The highest BCUT2D eigenvalue weighted by Gasteiger charge is 2.14. The van der Waals surface area contributed by atoms with Crippen molar-refractivity contribution in [1.82, 2.24) is 0 Å². The van der Waals surface area contributed by atoms with E-state index in [0.717, 1.165) is 6.07 Å². The number of benzene rings is 2. The SMILES string of the molecule is C=C(C)C(=O)OCCC(=C)C(=O)Oc1ccc(-c2ccc(OC(=O)C(=C)C)cc2)c(F)c1. The third-order valence-corrected chi connectivity index (χ3v) is 4.15. The molecule has 0 radical (unpaired) electrons.